The van der Waals surface area contributed by atoms with E-state index in [1.807, 2.05) is 4.90 Å². The number of anilines is 1. The molecule has 1 saturated heterocycles. The molecule has 8 heteroatoms. The van der Waals surface area contributed by atoms with Crippen LogP contribution in [0.25, 0.3) is 0 Å². The summed E-state index contributed by atoms with van der Waals surface area (Å²) in [6.45, 7) is 2.65. The summed E-state index contributed by atoms with van der Waals surface area (Å²) in [5.74, 6) is 0.0994. The lowest BCUT2D eigenvalue weighted by Crippen LogP contribution is -2.55. The number of aromatic nitrogens is 1. The fourth-order valence-electron chi connectivity index (χ4n) is 5.49. The van der Waals surface area contributed by atoms with Gasteiger partial charge in [0.1, 0.15) is 11.9 Å². The summed E-state index contributed by atoms with van der Waals surface area (Å²) in [4.78, 5) is 18.7. The minimum atomic E-state index is -2.60. The van der Waals surface area contributed by atoms with Gasteiger partial charge in [-0.15, -0.1) is 0 Å². The number of aliphatic carboxylic acids is 1. The highest BCUT2D eigenvalue weighted by Gasteiger charge is 2.41. The molecular formula is C28H35F2N3O3. The van der Waals surface area contributed by atoms with Crippen molar-refractivity contribution in [2.24, 2.45) is 0 Å². The van der Waals surface area contributed by atoms with Crippen LogP contribution in [0.4, 0.5) is 14.6 Å². The molecule has 2 N–H and O–H groups in total. The van der Waals surface area contributed by atoms with Gasteiger partial charge >= 0.3 is 5.97 Å². The maximum Gasteiger partial charge on any atom is 0.325 e. The van der Waals surface area contributed by atoms with Gasteiger partial charge in [0.15, 0.2) is 0 Å². The number of halogens is 2. The number of carboxylic acids is 1. The number of rotatable bonds is 12. The molecule has 2 aromatic rings. The Labute approximate surface area is 211 Å². The number of aryl methyl sites for hydroxylation is 2. The Bertz CT molecular complexity index is 1070. The molecule has 2 aliphatic heterocycles. The van der Waals surface area contributed by atoms with E-state index in [1.54, 1.807) is 12.1 Å². The molecule has 3 aliphatic rings. The summed E-state index contributed by atoms with van der Waals surface area (Å²) >= 11 is 0. The van der Waals surface area contributed by atoms with Gasteiger partial charge in [0.2, 0.25) is 0 Å². The molecule has 1 atom stereocenters. The average Bonchev–Trinajstić information content (AvgIpc) is 3.69. The number of nitrogens with zero attached hydrogens (tertiary/aromatic N) is 2. The molecule has 3 heterocycles. The second-order valence-electron chi connectivity index (χ2n) is 10.3. The standard InChI is InChI=1S/C28H35F2N3O3/c29-26(30)23-9-4-8-22(24(23)18-10-11-18)25(28(34)35)33-16-21(17-33)36-15-3-1-2-7-20-13-12-19-6-5-14-31-27(19)32-20/h4,8-9,12-13,18,21,25-26H,1-3,5-7,10-11,14-17H2,(H,31,32)(H,34,35). The Morgan fingerprint density at radius 1 is 1.14 bits per heavy atom. The van der Waals surface area contributed by atoms with Crippen molar-refractivity contribution in [2.75, 3.05) is 31.6 Å². The molecule has 1 saturated carbocycles. The second kappa shape index (κ2) is 11.2. The van der Waals surface area contributed by atoms with Gasteiger partial charge in [-0.05, 0) is 73.6 Å². The molecular weight excluding hydrogens is 464 g/mol. The average molecular weight is 500 g/mol. The zero-order chi connectivity index (χ0) is 25.1. The number of likely N-dealkylation sites (tertiary alicyclic amines) is 1. The Hall–Kier alpha value is -2.58. The van der Waals surface area contributed by atoms with Crippen molar-refractivity contribution < 1.29 is 23.4 Å². The largest absolute Gasteiger partial charge is 0.480 e. The van der Waals surface area contributed by atoms with Crippen molar-refractivity contribution in [2.45, 2.75) is 75.9 Å². The van der Waals surface area contributed by atoms with Crippen molar-refractivity contribution >= 4 is 11.8 Å². The molecule has 1 aromatic carbocycles. The predicted octanol–water partition coefficient (Wildman–Crippen LogP) is 5.49. The van der Waals surface area contributed by atoms with Gasteiger partial charge in [0, 0.05) is 37.5 Å². The fourth-order valence-corrected chi connectivity index (χ4v) is 5.49. The molecule has 6 nitrogen and oxygen atoms in total. The molecule has 5 rings (SSSR count). The Morgan fingerprint density at radius 3 is 2.69 bits per heavy atom. The number of hydrogen-bond acceptors (Lipinski definition) is 5. The zero-order valence-electron chi connectivity index (χ0n) is 20.6. The van der Waals surface area contributed by atoms with Crippen molar-refractivity contribution in [3.8, 4) is 0 Å². The summed E-state index contributed by atoms with van der Waals surface area (Å²) in [7, 11) is 0. The fraction of sp³-hybridized carbons (Fsp3) is 0.571. The molecule has 0 spiro atoms. The number of benzene rings is 1. The molecule has 1 aliphatic carbocycles. The van der Waals surface area contributed by atoms with E-state index >= 15 is 0 Å². The first kappa shape index (κ1) is 25.1. The number of carbonyl (C=O) groups is 1. The van der Waals surface area contributed by atoms with Crippen LogP contribution in [0.5, 0.6) is 0 Å². The first-order valence-corrected chi connectivity index (χ1v) is 13.2. The van der Waals surface area contributed by atoms with Crippen LogP contribution in [0.2, 0.25) is 0 Å². The Balaban J connectivity index is 1.06. The second-order valence-corrected chi connectivity index (χ2v) is 10.3. The summed E-state index contributed by atoms with van der Waals surface area (Å²) in [5, 5.41) is 13.3. The van der Waals surface area contributed by atoms with Gasteiger partial charge < -0.3 is 15.2 Å². The highest BCUT2D eigenvalue weighted by Crippen LogP contribution is 2.48. The third kappa shape index (κ3) is 5.70. The summed E-state index contributed by atoms with van der Waals surface area (Å²) in [6.07, 6.45) is 5.34. The minimum Gasteiger partial charge on any atom is -0.480 e. The minimum absolute atomic E-state index is 0.0112. The molecule has 194 valence electrons. The number of alkyl halides is 2. The van der Waals surface area contributed by atoms with E-state index in [0.29, 0.717) is 30.8 Å². The van der Waals surface area contributed by atoms with E-state index in [2.05, 4.69) is 17.4 Å². The SMILES string of the molecule is O=C(O)C(c1cccc(C(F)F)c1C1CC1)N1CC(OCCCCCc2ccc3c(n2)NCCC3)C1. The number of nitrogens with one attached hydrogen (secondary N) is 1. The quantitative estimate of drug-likeness (QED) is 0.376. The highest BCUT2D eigenvalue weighted by atomic mass is 19.3. The molecule has 0 radical (unpaired) electrons. The van der Waals surface area contributed by atoms with E-state index in [9.17, 15) is 18.7 Å². The predicted molar refractivity (Wildman–Crippen MR) is 134 cm³/mol. The first-order valence-electron chi connectivity index (χ1n) is 13.2. The smallest absolute Gasteiger partial charge is 0.325 e. The molecule has 1 aromatic heterocycles. The van der Waals surface area contributed by atoms with Crippen molar-refractivity contribution in [3.63, 3.8) is 0 Å². The van der Waals surface area contributed by atoms with Crippen molar-refractivity contribution in [1.82, 2.24) is 9.88 Å². The summed E-state index contributed by atoms with van der Waals surface area (Å²) in [5.41, 5.74) is 3.49. The van der Waals surface area contributed by atoms with Gasteiger partial charge in [-0.3, -0.25) is 9.69 Å². The van der Waals surface area contributed by atoms with Crippen LogP contribution in [0, 0.1) is 0 Å². The van der Waals surface area contributed by atoms with E-state index in [0.717, 1.165) is 69.4 Å². The lowest BCUT2D eigenvalue weighted by molar-refractivity contribution is -0.151. The lowest BCUT2D eigenvalue weighted by Gasteiger charge is -2.43. The Kier molecular flexibility index (Phi) is 7.82. The number of unbranched alkanes of at least 4 members (excludes halogenated alkanes) is 2. The van der Waals surface area contributed by atoms with Crippen LogP contribution >= 0.6 is 0 Å². The van der Waals surface area contributed by atoms with E-state index in [-0.39, 0.29) is 17.6 Å². The number of hydrogen-bond donors (Lipinski definition) is 2. The summed E-state index contributed by atoms with van der Waals surface area (Å²) in [6, 6.07) is 8.12. The van der Waals surface area contributed by atoms with Crippen LogP contribution in [-0.4, -0.2) is 53.3 Å². The van der Waals surface area contributed by atoms with Crippen LogP contribution in [0.15, 0.2) is 30.3 Å². The molecule has 0 bridgehead atoms. The van der Waals surface area contributed by atoms with Crippen molar-refractivity contribution in [1.29, 1.82) is 0 Å². The van der Waals surface area contributed by atoms with Gasteiger partial charge in [-0.1, -0.05) is 30.7 Å². The van der Waals surface area contributed by atoms with Gasteiger partial charge in [-0.2, -0.15) is 0 Å². The van der Waals surface area contributed by atoms with Gasteiger partial charge in [0.05, 0.1) is 6.10 Å². The lowest BCUT2D eigenvalue weighted by atomic mass is 9.90. The zero-order valence-corrected chi connectivity index (χ0v) is 20.6. The highest BCUT2D eigenvalue weighted by molar-refractivity contribution is 5.77. The molecule has 0 amide bonds. The topological polar surface area (TPSA) is 74.7 Å². The van der Waals surface area contributed by atoms with Gasteiger partial charge in [0.25, 0.3) is 6.43 Å². The maximum atomic E-state index is 13.6. The van der Waals surface area contributed by atoms with Crippen LogP contribution in [-0.2, 0) is 22.4 Å². The van der Waals surface area contributed by atoms with E-state index < -0.39 is 18.4 Å². The Morgan fingerprint density at radius 2 is 1.94 bits per heavy atom. The van der Waals surface area contributed by atoms with Crippen LogP contribution < -0.4 is 5.32 Å². The number of fused-ring (bicyclic) bond motifs is 1. The van der Waals surface area contributed by atoms with Crippen LogP contribution in [0.1, 0.15) is 84.9 Å². The van der Waals surface area contributed by atoms with Crippen LogP contribution in [0.3, 0.4) is 0 Å². The molecule has 1 unspecified atom stereocenters. The number of ether oxygens (including phenoxy) is 1. The third-order valence-electron chi connectivity index (χ3n) is 7.55. The van der Waals surface area contributed by atoms with Crippen molar-refractivity contribution in [3.05, 3.63) is 58.3 Å². The summed E-state index contributed by atoms with van der Waals surface area (Å²) < 4.78 is 33.2. The monoisotopic (exact) mass is 499 g/mol. The van der Waals surface area contributed by atoms with E-state index in [4.69, 9.17) is 9.72 Å². The normalized spacial score (nSPS) is 19.0. The molecule has 2 fully saturated rings. The number of carboxylic acid groups (broad SMARTS) is 1. The van der Waals surface area contributed by atoms with E-state index in [1.165, 1.54) is 11.6 Å². The first-order chi connectivity index (χ1) is 17.5. The molecule has 36 heavy (non-hydrogen) atoms. The maximum absolute atomic E-state index is 13.6. The van der Waals surface area contributed by atoms with Gasteiger partial charge in [-0.25, -0.2) is 13.8 Å². The number of pyridine rings is 1. The third-order valence-corrected chi connectivity index (χ3v) is 7.55.